The summed E-state index contributed by atoms with van der Waals surface area (Å²) in [7, 11) is 1.66. The average molecular weight is 351 g/mol. The van der Waals surface area contributed by atoms with Crippen molar-refractivity contribution in [3.63, 3.8) is 0 Å². The third-order valence-corrected chi connectivity index (χ3v) is 4.81. The molecule has 0 radical (unpaired) electrons. The monoisotopic (exact) mass is 351 g/mol. The van der Waals surface area contributed by atoms with E-state index in [2.05, 4.69) is 44.3 Å². The Balaban J connectivity index is 1.80. The Morgan fingerprint density at radius 3 is 2.58 bits per heavy atom. The van der Waals surface area contributed by atoms with Crippen molar-refractivity contribution in [2.45, 2.75) is 32.9 Å². The standard InChI is InChI=1S/C22H26N2O2/c1-16-13-22(2,3)24(20-11-10-18(26-4)12-19(16)20)21(25)15-23-14-17-8-6-5-7-9-17/h5-13,23H,14-15H2,1-4H3/p+1. The minimum absolute atomic E-state index is 0.112. The summed E-state index contributed by atoms with van der Waals surface area (Å²) < 4.78 is 5.35. The Morgan fingerprint density at radius 1 is 1.15 bits per heavy atom. The Hall–Kier alpha value is -2.59. The molecular weight excluding hydrogens is 324 g/mol. The average Bonchev–Trinajstić information content (AvgIpc) is 2.61. The summed E-state index contributed by atoms with van der Waals surface area (Å²) in [5.74, 6) is 0.917. The summed E-state index contributed by atoms with van der Waals surface area (Å²) in [6, 6.07) is 16.1. The van der Waals surface area contributed by atoms with Gasteiger partial charge in [0, 0.05) is 11.1 Å². The largest absolute Gasteiger partial charge is 0.497 e. The highest BCUT2D eigenvalue weighted by atomic mass is 16.5. The van der Waals surface area contributed by atoms with Gasteiger partial charge in [0.1, 0.15) is 12.3 Å². The van der Waals surface area contributed by atoms with E-state index in [0.717, 1.165) is 23.5 Å². The van der Waals surface area contributed by atoms with Crippen LogP contribution in [-0.4, -0.2) is 25.1 Å². The fourth-order valence-corrected chi connectivity index (χ4v) is 3.66. The number of carbonyl (C=O) groups excluding carboxylic acids is 1. The topological polar surface area (TPSA) is 46.1 Å². The molecule has 0 saturated carbocycles. The molecule has 2 aromatic rings. The number of hydrogen-bond donors (Lipinski definition) is 1. The number of rotatable bonds is 5. The molecule has 0 fully saturated rings. The third-order valence-electron chi connectivity index (χ3n) is 4.81. The zero-order valence-corrected chi connectivity index (χ0v) is 16.0. The second kappa shape index (κ2) is 7.34. The first-order valence-electron chi connectivity index (χ1n) is 8.99. The van der Waals surface area contributed by atoms with Gasteiger partial charge in [0.15, 0.2) is 6.54 Å². The number of amides is 1. The van der Waals surface area contributed by atoms with Gasteiger partial charge in [0.2, 0.25) is 0 Å². The van der Waals surface area contributed by atoms with Crippen molar-refractivity contribution in [2.75, 3.05) is 18.6 Å². The lowest BCUT2D eigenvalue weighted by molar-refractivity contribution is -0.659. The van der Waals surface area contributed by atoms with E-state index in [-0.39, 0.29) is 11.4 Å². The molecule has 0 aliphatic carbocycles. The Morgan fingerprint density at radius 2 is 1.88 bits per heavy atom. The van der Waals surface area contributed by atoms with Gasteiger partial charge in [-0.15, -0.1) is 0 Å². The number of allylic oxidation sites excluding steroid dienone is 1. The highest BCUT2D eigenvalue weighted by Gasteiger charge is 2.36. The number of anilines is 1. The maximum atomic E-state index is 13.1. The van der Waals surface area contributed by atoms with Crippen LogP contribution in [0.2, 0.25) is 0 Å². The highest BCUT2D eigenvalue weighted by molar-refractivity contribution is 6.01. The number of fused-ring (bicyclic) bond motifs is 1. The van der Waals surface area contributed by atoms with Crippen LogP contribution in [-0.2, 0) is 11.3 Å². The zero-order chi connectivity index (χ0) is 18.7. The molecule has 4 nitrogen and oxygen atoms in total. The third kappa shape index (κ3) is 3.65. The van der Waals surface area contributed by atoms with Crippen molar-refractivity contribution in [3.8, 4) is 5.75 Å². The summed E-state index contributed by atoms with van der Waals surface area (Å²) in [5, 5.41) is 2.06. The van der Waals surface area contributed by atoms with E-state index in [0.29, 0.717) is 6.54 Å². The number of benzene rings is 2. The van der Waals surface area contributed by atoms with E-state index in [1.165, 1.54) is 11.1 Å². The molecule has 136 valence electrons. The molecule has 0 bridgehead atoms. The van der Waals surface area contributed by atoms with Crippen LogP contribution in [0.15, 0.2) is 54.6 Å². The van der Waals surface area contributed by atoms with Gasteiger partial charge in [-0.05, 0) is 44.5 Å². The van der Waals surface area contributed by atoms with E-state index in [4.69, 9.17) is 4.74 Å². The minimum Gasteiger partial charge on any atom is -0.497 e. The first-order chi connectivity index (χ1) is 12.4. The molecule has 4 heteroatoms. The van der Waals surface area contributed by atoms with Gasteiger partial charge in [-0.25, -0.2) is 0 Å². The van der Waals surface area contributed by atoms with E-state index < -0.39 is 0 Å². The van der Waals surface area contributed by atoms with E-state index in [9.17, 15) is 4.79 Å². The molecule has 1 aliphatic rings. The van der Waals surface area contributed by atoms with Crippen molar-refractivity contribution in [2.24, 2.45) is 0 Å². The van der Waals surface area contributed by atoms with Crippen LogP contribution in [0.4, 0.5) is 5.69 Å². The molecule has 0 saturated heterocycles. The quantitative estimate of drug-likeness (QED) is 0.900. The molecule has 1 amide bonds. The summed E-state index contributed by atoms with van der Waals surface area (Å²) in [6.07, 6.45) is 2.16. The van der Waals surface area contributed by atoms with Crippen LogP contribution in [0.3, 0.4) is 0 Å². The van der Waals surface area contributed by atoms with E-state index in [1.54, 1.807) is 7.11 Å². The molecule has 0 unspecified atom stereocenters. The number of ether oxygens (including phenoxy) is 1. The van der Waals surface area contributed by atoms with Crippen molar-refractivity contribution in [1.29, 1.82) is 0 Å². The first-order valence-corrected chi connectivity index (χ1v) is 8.99. The van der Waals surface area contributed by atoms with Crippen molar-refractivity contribution in [3.05, 3.63) is 65.7 Å². The van der Waals surface area contributed by atoms with E-state index in [1.807, 2.05) is 41.3 Å². The lowest BCUT2D eigenvalue weighted by Gasteiger charge is -2.41. The first kappa shape index (κ1) is 18.2. The van der Waals surface area contributed by atoms with Gasteiger partial charge >= 0.3 is 0 Å². The summed E-state index contributed by atoms with van der Waals surface area (Å²) in [4.78, 5) is 15.0. The molecule has 0 atom stereocenters. The van der Waals surface area contributed by atoms with Crippen molar-refractivity contribution >= 4 is 17.2 Å². The van der Waals surface area contributed by atoms with Crippen LogP contribution in [0.25, 0.3) is 5.57 Å². The number of nitrogens with zero attached hydrogens (tertiary/aromatic N) is 1. The SMILES string of the molecule is COc1ccc2c(c1)C(C)=CC(C)(C)N2C(=O)C[NH2+]Cc1ccccc1. The van der Waals surface area contributed by atoms with E-state index >= 15 is 0 Å². The second-order valence-electron chi connectivity index (χ2n) is 7.28. The molecule has 0 spiro atoms. The maximum Gasteiger partial charge on any atom is 0.282 e. The summed E-state index contributed by atoms with van der Waals surface area (Å²) >= 11 is 0. The number of carbonyl (C=O) groups is 1. The van der Waals surface area contributed by atoms with Gasteiger partial charge in [0.05, 0.1) is 18.3 Å². The predicted octanol–water partition coefficient (Wildman–Crippen LogP) is 2.99. The van der Waals surface area contributed by atoms with Crippen LogP contribution < -0.4 is 15.0 Å². The molecular formula is C22H27N2O2+. The summed E-state index contributed by atoms with van der Waals surface area (Å²) in [6.45, 7) is 7.46. The molecule has 1 aliphatic heterocycles. The molecule has 26 heavy (non-hydrogen) atoms. The normalized spacial score (nSPS) is 15.2. The van der Waals surface area contributed by atoms with Crippen LogP contribution in [0.1, 0.15) is 31.9 Å². The molecule has 1 heterocycles. The number of methoxy groups -OCH3 is 1. The number of quaternary nitrogens is 1. The van der Waals surface area contributed by atoms with Gasteiger partial charge in [0.25, 0.3) is 5.91 Å². The molecule has 3 rings (SSSR count). The Kier molecular flexibility index (Phi) is 5.14. The van der Waals surface area contributed by atoms with Gasteiger partial charge in [-0.2, -0.15) is 0 Å². The van der Waals surface area contributed by atoms with Crippen molar-refractivity contribution in [1.82, 2.24) is 0 Å². The van der Waals surface area contributed by atoms with Crippen LogP contribution in [0.5, 0.6) is 5.75 Å². The maximum absolute atomic E-state index is 13.1. The Labute approximate surface area is 155 Å². The molecule has 2 N–H and O–H groups in total. The predicted molar refractivity (Wildman–Crippen MR) is 105 cm³/mol. The number of hydrogen-bond acceptors (Lipinski definition) is 2. The number of nitrogens with two attached hydrogens (primary N) is 1. The van der Waals surface area contributed by atoms with Gasteiger partial charge in [-0.1, -0.05) is 36.4 Å². The smallest absolute Gasteiger partial charge is 0.282 e. The van der Waals surface area contributed by atoms with Crippen LogP contribution in [0, 0.1) is 0 Å². The zero-order valence-electron chi connectivity index (χ0n) is 16.0. The summed E-state index contributed by atoms with van der Waals surface area (Å²) in [5.41, 5.74) is 4.04. The highest BCUT2D eigenvalue weighted by Crippen LogP contribution is 2.40. The fraction of sp³-hybridized carbons (Fsp3) is 0.318. The van der Waals surface area contributed by atoms with Crippen molar-refractivity contribution < 1.29 is 14.8 Å². The lowest BCUT2D eigenvalue weighted by Crippen LogP contribution is -2.85. The van der Waals surface area contributed by atoms with Gasteiger partial charge < -0.3 is 10.1 Å². The minimum atomic E-state index is -0.358. The molecule has 2 aromatic carbocycles. The molecule has 0 aromatic heterocycles. The van der Waals surface area contributed by atoms with Crippen LogP contribution >= 0.6 is 0 Å². The Bertz CT molecular complexity index is 825. The fourth-order valence-electron chi connectivity index (χ4n) is 3.66. The lowest BCUT2D eigenvalue weighted by atomic mass is 9.88. The second-order valence-corrected chi connectivity index (χ2v) is 7.28. The van der Waals surface area contributed by atoms with Gasteiger partial charge in [-0.3, -0.25) is 9.69 Å².